The molecule has 13 heteroatoms. The van der Waals surface area contributed by atoms with Crippen molar-refractivity contribution in [3.63, 3.8) is 0 Å². The van der Waals surface area contributed by atoms with E-state index in [9.17, 15) is 23.3 Å². The standard InChI is InChI=1S/C17H19ClN4O7S/c1-11-17(12(2)29-19-11)30(26,27)21-7-5-20(6-8-21)16(23)10-28-15-4-3-13(22(24)25)9-14(15)18/h3-4,9H,5-8,10H2,1-2H3. The molecule has 0 radical (unpaired) electrons. The smallest absolute Gasteiger partial charge is 0.271 e. The molecular weight excluding hydrogens is 440 g/mol. The van der Waals surface area contributed by atoms with Gasteiger partial charge in [-0.1, -0.05) is 16.8 Å². The summed E-state index contributed by atoms with van der Waals surface area (Å²) in [5, 5.41) is 14.4. The van der Waals surface area contributed by atoms with Crippen molar-refractivity contribution in [1.82, 2.24) is 14.4 Å². The molecule has 1 aromatic carbocycles. The molecule has 0 aliphatic carbocycles. The third kappa shape index (κ3) is 4.40. The van der Waals surface area contributed by atoms with Gasteiger partial charge in [0.2, 0.25) is 10.0 Å². The van der Waals surface area contributed by atoms with Gasteiger partial charge in [-0.15, -0.1) is 0 Å². The van der Waals surface area contributed by atoms with Crippen LogP contribution in [0.1, 0.15) is 11.5 Å². The van der Waals surface area contributed by atoms with Crippen LogP contribution in [0.25, 0.3) is 0 Å². The van der Waals surface area contributed by atoms with Crippen LogP contribution in [0.15, 0.2) is 27.6 Å². The summed E-state index contributed by atoms with van der Waals surface area (Å²) in [5.74, 6) is 0.0217. The monoisotopic (exact) mass is 458 g/mol. The average molecular weight is 459 g/mol. The lowest BCUT2D eigenvalue weighted by Crippen LogP contribution is -2.51. The third-order valence-electron chi connectivity index (χ3n) is 4.63. The Morgan fingerprint density at radius 1 is 1.30 bits per heavy atom. The topological polar surface area (TPSA) is 136 Å². The number of piperazine rings is 1. The summed E-state index contributed by atoms with van der Waals surface area (Å²) >= 11 is 5.95. The van der Waals surface area contributed by atoms with E-state index >= 15 is 0 Å². The normalized spacial score (nSPS) is 15.2. The number of nitro benzene ring substituents is 1. The molecule has 1 amide bonds. The number of carbonyl (C=O) groups is 1. The highest BCUT2D eigenvalue weighted by Gasteiger charge is 2.34. The first-order chi connectivity index (χ1) is 14.1. The van der Waals surface area contributed by atoms with E-state index in [4.69, 9.17) is 20.9 Å². The van der Waals surface area contributed by atoms with Crippen LogP contribution >= 0.6 is 11.6 Å². The van der Waals surface area contributed by atoms with E-state index in [1.54, 1.807) is 6.92 Å². The van der Waals surface area contributed by atoms with Crippen LogP contribution in [0, 0.1) is 24.0 Å². The van der Waals surface area contributed by atoms with E-state index < -0.39 is 14.9 Å². The average Bonchev–Trinajstić information content (AvgIpc) is 3.05. The number of nitrogens with zero attached hydrogens (tertiary/aromatic N) is 4. The SMILES string of the molecule is Cc1noc(C)c1S(=O)(=O)N1CCN(C(=O)COc2ccc([N+](=O)[O-])cc2Cl)CC1. The Balaban J connectivity index is 1.58. The molecule has 3 rings (SSSR count). The number of aromatic nitrogens is 1. The third-order valence-corrected chi connectivity index (χ3v) is 7.07. The Hall–Kier alpha value is -2.70. The highest BCUT2D eigenvalue weighted by molar-refractivity contribution is 7.89. The van der Waals surface area contributed by atoms with E-state index in [0.29, 0.717) is 5.69 Å². The van der Waals surface area contributed by atoms with Gasteiger partial charge in [-0.2, -0.15) is 4.31 Å². The van der Waals surface area contributed by atoms with Crippen LogP contribution < -0.4 is 4.74 Å². The summed E-state index contributed by atoms with van der Waals surface area (Å²) in [5.41, 5.74) is 0.105. The molecule has 1 aromatic heterocycles. The van der Waals surface area contributed by atoms with Crippen molar-refractivity contribution >= 4 is 33.2 Å². The molecule has 1 saturated heterocycles. The molecule has 0 spiro atoms. The Morgan fingerprint density at radius 3 is 2.50 bits per heavy atom. The number of hydrogen-bond acceptors (Lipinski definition) is 8. The number of nitro groups is 1. The van der Waals surface area contributed by atoms with Crippen LogP contribution in [0.4, 0.5) is 5.69 Å². The van der Waals surface area contributed by atoms with Gasteiger partial charge in [-0.05, 0) is 19.9 Å². The number of non-ortho nitro benzene ring substituents is 1. The first-order valence-electron chi connectivity index (χ1n) is 8.89. The number of benzene rings is 1. The van der Waals surface area contributed by atoms with Crippen molar-refractivity contribution in [1.29, 1.82) is 0 Å². The van der Waals surface area contributed by atoms with E-state index in [-0.39, 0.29) is 65.8 Å². The predicted octanol–water partition coefficient (Wildman–Crippen LogP) is 1.76. The van der Waals surface area contributed by atoms with Crippen LogP contribution in [-0.2, 0) is 14.8 Å². The fraction of sp³-hybridized carbons (Fsp3) is 0.412. The van der Waals surface area contributed by atoms with Crippen molar-refractivity contribution < 1.29 is 27.4 Å². The van der Waals surface area contributed by atoms with Crippen LogP contribution in [0.3, 0.4) is 0 Å². The molecule has 0 N–H and O–H groups in total. The highest BCUT2D eigenvalue weighted by atomic mass is 35.5. The largest absolute Gasteiger partial charge is 0.482 e. The number of carbonyl (C=O) groups excluding carboxylic acids is 1. The van der Waals surface area contributed by atoms with Crippen LogP contribution in [0.2, 0.25) is 5.02 Å². The summed E-state index contributed by atoms with van der Waals surface area (Å²) in [7, 11) is -3.77. The number of hydrogen-bond donors (Lipinski definition) is 0. The number of sulfonamides is 1. The minimum absolute atomic E-state index is 0.0207. The lowest BCUT2D eigenvalue weighted by Gasteiger charge is -2.33. The molecule has 0 atom stereocenters. The number of rotatable bonds is 6. The van der Waals surface area contributed by atoms with E-state index in [2.05, 4.69) is 5.16 Å². The first kappa shape index (κ1) is 22.0. The summed E-state index contributed by atoms with van der Waals surface area (Å²) < 4.78 is 37.3. The zero-order valence-corrected chi connectivity index (χ0v) is 17.8. The zero-order valence-electron chi connectivity index (χ0n) is 16.2. The molecule has 2 aromatic rings. The quantitative estimate of drug-likeness (QED) is 0.471. The van der Waals surface area contributed by atoms with Gasteiger partial charge in [0, 0.05) is 38.3 Å². The Morgan fingerprint density at radius 2 is 1.97 bits per heavy atom. The van der Waals surface area contributed by atoms with Crippen molar-refractivity contribution in [2.45, 2.75) is 18.7 Å². The number of aryl methyl sites for hydroxylation is 2. The summed E-state index contributed by atoms with van der Waals surface area (Å²) in [4.78, 5) is 24.1. The highest BCUT2D eigenvalue weighted by Crippen LogP contribution is 2.29. The summed E-state index contributed by atoms with van der Waals surface area (Å²) in [6.07, 6.45) is 0. The minimum atomic E-state index is -3.77. The van der Waals surface area contributed by atoms with Gasteiger partial charge in [0.15, 0.2) is 12.4 Å². The molecule has 1 aliphatic heterocycles. The van der Waals surface area contributed by atoms with Crippen molar-refractivity contribution in [3.8, 4) is 5.75 Å². The van der Waals surface area contributed by atoms with Gasteiger partial charge in [-0.25, -0.2) is 8.42 Å². The lowest BCUT2D eigenvalue weighted by molar-refractivity contribution is -0.384. The van der Waals surface area contributed by atoms with Gasteiger partial charge in [0.05, 0.1) is 9.95 Å². The Labute approximate surface area is 177 Å². The molecule has 11 nitrogen and oxygen atoms in total. The molecule has 2 heterocycles. The van der Waals surface area contributed by atoms with Crippen LogP contribution in [-0.4, -0.2) is 66.4 Å². The zero-order chi connectivity index (χ0) is 22.1. The second kappa shape index (κ2) is 8.58. The van der Waals surface area contributed by atoms with Gasteiger partial charge >= 0.3 is 0 Å². The second-order valence-electron chi connectivity index (χ2n) is 6.60. The molecule has 0 saturated carbocycles. The van der Waals surface area contributed by atoms with Crippen molar-refractivity contribution in [2.24, 2.45) is 0 Å². The number of ether oxygens (including phenoxy) is 1. The van der Waals surface area contributed by atoms with Gasteiger partial charge in [-0.3, -0.25) is 14.9 Å². The van der Waals surface area contributed by atoms with E-state index in [1.165, 1.54) is 28.3 Å². The van der Waals surface area contributed by atoms with Crippen molar-refractivity contribution in [2.75, 3.05) is 32.8 Å². The Bertz CT molecular complexity index is 1060. The van der Waals surface area contributed by atoms with Gasteiger partial charge in [0.1, 0.15) is 16.3 Å². The van der Waals surface area contributed by atoms with E-state index in [1.807, 2.05) is 0 Å². The lowest BCUT2D eigenvalue weighted by atomic mass is 10.3. The Kier molecular flexibility index (Phi) is 6.29. The maximum absolute atomic E-state index is 12.8. The molecule has 1 fully saturated rings. The maximum atomic E-state index is 12.8. The molecule has 162 valence electrons. The van der Waals surface area contributed by atoms with E-state index in [0.717, 1.165) is 6.07 Å². The second-order valence-corrected chi connectivity index (χ2v) is 8.88. The molecule has 0 unspecified atom stereocenters. The fourth-order valence-corrected chi connectivity index (χ4v) is 5.04. The number of amides is 1. The van der Waals surface area contributed by atoms with Crippen LogP contribution in [0.5, 0.6) is 5.75 Å². The maximum Gasteiger partial charge on any atom is 0.271 e. The van der Waals surface area contributed by atoms with Gasteiger partial charge in [0.25, 0.3) is 11.6 Å². The number of halogens is 1. The van der Waals surface area contributed by atoms with Gasteiger partial charge < -0.3 is 14.2 Å². The fourth-order valence-electron chi connectivity index (χ4n) is 3.10. The predicted molar refractivity (Wildman–Crippen MR) is 105 cm³/mol. The molecule has 1 aliphatic rings. The summed E-state index contributed by atoms with van der Waals surface area (Å²) in [6.45, 7) is 3.40. The molecule has 0 bridgehead atoms. The van der Waals surface area contributed by atoms with Crippen molar-refractivity contribution in [3.05, 3.63) is 44.8 Å². The molecule has 30 heavy (non-hydrogen) atoms. The minimum Gasteiger partial charge on any atom is -0.482 e. The molecular formula is C17H19ClN4O7S. The first-order valence-corrected chi connectivity index (χ1v) is 10.7. The summed E-state index contributed by atoms with van der Waals surface area (Å²) in [6, 6.07) is 3.69.